The van der Waals surface area contributed by atoms with Gasteiger partial charge in [-0.1, -0.05) is 89.8 Å². The van der Waals surface area contributed by atoms with Crippen LogP contribution in [0.2, 0.25) is 0 Å². The molecule has 0 radical (unpaired) electrons. The molecule has 0 saturated carbocycles. The molecule has 3 N–H and O–H groups in total. The minimum absolute atomic E-state index is 0.101. The maximum atomic E-state index is 13.8. The zero-order valence-corrected chi connectivity index (χ0v) is 33.2. The van der Waals surface area contributed by atoms with E-state index in [1.807, 2.05) is 67.0 Å². The Morgan fingerprint density at radius 2 is 1.54 bits per heavy atom. The molecule has 4 aromatic rings. The summed E-state index contributed by atoms with van der Waals surface area (Å²) in [5.74, 6) is 0.431. The van der Waals surface area contributed by atoms with Gasteiger partial charge in [0.2, 0.25) is 5.91 Å². The van der Waals surface area contributed by atoms with Gasteiger partial charge in [-0.05, 0) is 73.2 Å². The van der Waals surface area contributed by atoms with Gasteiger partial charge in [-0.2, -0.15) is 0 Å². The highest BCUT2D eigenvalue weighted by molar-refractivity contribution is 7.14. The van der Waals surface area contributed by atoms with Crippen molar-refractivity contribution in [2.45, 2.75) is 90.5 Å². The molecule has 0 aliphatic carbocycles. The summed E-state index contributed by atoms with van der Waals surface area (Å²) in [5, 5.41) is 9.23. The topological polar surface area (TPSA) is 132 Å². The van der Waals surface area contributed by atoms with E-state index in [4.69, 9.17) is 9.47 Å². The highest BCUT2D eigenvalue weighted by Crippen LogP contribution is 2.31. The number of methoxy groups -OCH3 is 1. The molecular weight excluding hydrogens is 699 g/mol. The van der Waals surface area contributed by atoms with Gasteiger partial charge in [-0.3, -0.25) is 14.4 Å². The molecule has 0 spiro atoms. The largest absolute Gasteiger partial charge is 0.494 e. The van der Waals surface area contributed by atoms with Crippen molar-refractivity contribution in [1.29, 1.82) is 0 Å². The third-order valence-electron chi connectivity index (χ3n) is 9.98. The first-order valence-corrected chi connectivity index (χ1v) is 20.0. The molecule has 3 heterocycles. The Morgan fingerprint density at radius 3 is 2.17 bits per heavy atom. The van der Waals surface area contributed by atoms with Crippen LogP contribution in [0.4, 0.5) is 0 Å². The van der Waals surface area contributed by atoms with E-state index in [2.05, 4.69) is 53.6 Å². The molecular formula is C43H55N5O5S. The third kappa shape index (κ3) is 11.0. The van der Waals surface area contributed by atoms with E-state index < -0.39 is 11.5 Å². The smallest absolute Gasteiger partial charge is 0.313 e. The zero-order chi connectivity index (χ0) is 38.6. The highest BCUT2D eigenvalue weighted by Gasteiger charge is 2.41. The molecule has 2 amide bonds. The lowest BCUT2D eigenvalue weighted by Gasteiger charge is -2.35. The number of unbranched alkanes of at least 4 members (excludes halogenated alkanes) is 4. The van der Waals surface area contributed by atoms with Crippen molar-refractivity contribution in [1.82, 2.24) is 25.9 Å². The van der Waals surface area contributed by atoms with Crippen molar-refractivity contribution in [3.05, 3.63) is 88.4 Å². The van der Waals surface area contributed by atoms with E-state index in [0.29, 0.717) is 36.6 Å². The molecule has 1 aliphatic rings. The van der Waals surface area contributed by atoms with E-state index in [0.717, 1.165) is 45.9 Å². The number of amides is 2. The second-order valence-electron chi connectivity index (χ2n) is 15.2. The number of nitrogens with one attached hydrogen (secondary N) is 3. The van der Waals surface area contributed by atoms with Crippen molar-refractivity contribution < 1.29 is 23.9 Å². The summed E-state index contributed by atoms with van der Waals surface area (Å²) in [6, 6.07) is 18.6. The van der Waals surface area contributed by atoms with E-state index >= 15 is 0 Å². The minimum atomic E-state index is -0.877. The molecule has 11 heteroatoms. The molecule has 2 aromatic carbocycles. The summed E-state index contributed by atoms with van der Waals surface area (Å²) in [4.78, 5) is 51.0. The predicted molar refractivity (Wildman–Crippen MR) is 215 cm³/mol. The summed E-state index contributed by atoms with van der Waals surface area (Å²) >= 11 is 1.42. The van der Waals surface area contributed by atoms with E-state index in [9.17, 15) is 14.4 Å². The van der Waals surface area contributed by atoms with Gasteiger partial charge in [0.1, 0.15) is 11.8 Å². The number of rotatable bonds is 17. The Hall–Kier alpha value is -4.61. The van der Waals surface area contributed by atoms with Gasteiger partial charge in [0, 0.05) is 41.4 Å². The van der Waals surface area contributed by atoms with Gasteiger partial charge in [0.05, 0.1) is 24.0 Å². The SMILES string of the molecule is CCCCCCCOc1ccc(-c2cnc(-c3ccc(C[C@H](NC(=O)c4ccc(C(C)(C)C)s4)C(=O)NCC4(C(=O)OC)CCNCC4)cc3)nc2)cc1. The van der Waals surface area contributed by atoms with Gasteiger partial charge in [0.25, 0.3) is 5.91 Å². The molecule has 5 rings (SSSR count). The molecule has 1 saturated heterocycles. The van der Waals surface area contributed by atoms with Crippen LogP contribution < -0.4 is 20.7 Å². The molecule has 54 heavy (non-hydrogen) atoms. The Labute approximate surface area is 323 Å². The molecule has 288 valence electrons. The Kier molecular flexibility index (Phi) is 14.4. The van der Waals surface area contributed by atoms with Crippen molar-refractivity contribution >= 4 is 29.1 Å². The van der Waals surface area contributed by atoms with Gasteiger partial charge in [-0.25, -0.2) is 9.97 Å². The van der Waals surface area contributed by atoms with Gasteiger partial charge >= 0.3 is 5.97 Å². The normalized spacial score (nSPS) is 14.5. The molecule has 1 fully saturated rings. The van der Waals surface area contributed by atoms with Gasteiger partial charge in [0.15, 0.2) is 5.82 Å². The lowest BCUT2D eigenvalue weighted by Crippen LogP contribution is -2.54. The number of nitrogens with zero attached hydrogens (tertiary/aromatic N) is 2. The summed E-state index contributed by atoms with van der Waals surface area (Å²) in [5.41, 5.74) is 2.68. The number of hydrogen-bond acceptors (Lipinski definition) is 9. The molecule has 0 bridgehead atoms. The maximum absolute atomic E-state index is 13.8. The number of ether oxygens (including phenoxy) is 2. The first kappa shape index (κ1) is 40.6. The van der Waals surface area contributed by atoms with Crippen LogP contribution in [-0.2, 0) is 26.2 Å². The second-order valence-corrected chi connectivity index (χ2v) is 16.2. The summed E-state index contributed by atoms with van der Waals surface area (Å²) < 4.78 is 11.0. The maximum Gasteiger partial charge on any atom is 0.313 e. The van der Waals surface area contributed by atoms with Crippen molar-refractivity contribution in [3.63, 3.8) is 0 Å². The van der Waals surface area contributed by atoms with E-state index in [-0.39, 0.29) is 36.2 Å². The van der Waals surface area contributed by atoms with Gasteiger partial charge in [-0.15, -0.1) is 11.3 Å². The summed E-state index contributed by atoms with van der Waals surface area (Å²) in [6.45, 7) is 10.7. The van der Waals surface area contributed by atoms with Crippen LogP contribution >= 0.6 is 11.3 Å². The minimum Gasteiger partial charge on any atom is -0.494 e. The van der Waals surface area contributed by atoms with Gasteiger partial charge < -0.3 is 25.4 Å². The number of benzene rings is 2. The molecule has 1 atom stereocenters. The van der Waals surface area contributed by atoms with E-state index in [1.165, 1.54) is 44.1 Å². The number of thiophene rings is 1. The lowest BCUT2D eigenvalue weighted by atomic mass is 9.78. The predicted octanol–water partition coefficient (Wildman–Crippen LogP) is 7.52. The number of carbonyl (C=O) groups is 3. The van der Waals surface area contributed by atoms with Crippen LogP contribution in [0.25, 0.3) is 22.5 Å². The van der Waals surface area contributed by atoms with E-state index in [1.54, 1.807) is 6.07 Å². The first-order valence-electron chi connectivity index (χ1n) is 19.1. The molecule has 0 unspecified atom stereocenters. The van der Waals surface area contributed by atoms with Crippen LogP contribution in [0.5, 0.6) is 5.75 Å². The fourth-order valence-electron chi connectivity index (χ4n) is 6.55. The quantitative estimate of drug-likeness (QED) is 0.0746. The van der Waals surface area contributed by atoms with Crippen LogP contribution in [0.3, 0.4) is 0 Å². The average Bonchev–Trinajstić information content (AvgIpc) is 3.71. The highest BCUT2D eigenvalue weighted by atomic mass is 32.1. The Morgan fingerprint density at radius 1 is 0.870 bits per heavy atom. The molecule has 1 aliphatic heterocycles. The number of aromatic nitrogens is 2. The van der Waals surface area contributed by atoms with Crippen molar-refractivity contribution in [2.24, 2.45) is 5.41 Å². The van der Waals surface area contributed by atoms with Crippen LogP contribution in [-0.4, -0.2) is 67.1 Å². The lowest BCUT2D eigenvalue weighted by molar-refractivity contribution is -0.154. The molecule has 10 nitrogen and oxygen atoms in total. The summed E-state index contributed by atoms with van der Waals surface area (Å²) in [6.07, 6.45) is 11.0. The Balaban J connectivity index is 1.25. The van der Waals surface area contributed by atoms with Crippen molar-refractivity contribution in [3.8, 4) is 28.3 Å². The number of hydrogen-bond donors (Lipinski definition) is 3. The third-order valence-corrected chi connectivity index (χ3v) is 11.5. The monoisotopic (exact) mass is 753 g/mol. The molecule has 2 aromatic heterocycles. The first-order chi connectivity index (χ1) is 26.0. The number of carbonyl (C=O) groups excluding carboxylic acids is 3. The van der Waals surface area contributed by atoms with Crippen LogP contribution in [0, 0.1) is 5.41 Å². The summed E-state index contributed by atoms with van der Waals surface area (Å²) in [7, 11) is 1.37. The average molecular weight is 754 g/mol. The number of esters is 1. The number of piperidine rings is 1. The van der Waals surface area contributed by atoms with Crippen LogP contribution in [0.15, 0.2) is 73.1 Å². The fraction of sp³-hybridized carbons (Fsp3) is 0.465. The van der Waals surface area contributed by atoms with Crippen molar-refractivity contribution in [2.75, 3.05) is 33.4 Å². The zero-order valence-electron chi connectivity index (χ0n) is 32.3. The standard InChI is InChI=1S/C43H55N5O5S/c1-6-7-8-9-10-25-53-34-17-15-31(16-18-34)33-27-45-38(46-28-33)32-13-11-30(12-14-32)26-35(48-40(50)36-19-20-37(54-36)42(2,3)4)39(49)47-29-43(41(51)52-5)21-23-44-24-22-43/h11-20,27-28,35,44H,6-10,21-26,29H2,1-5H3,(H,47,49)(H,48,50)/t35-/m0/s1. The second kappa shape index (κ2) is 19.1. The fourth-order valence-corrected chi connectivity index (χ4v) is 7.51. The van der Waals surface area contributed by atoms with Crippen LogP contribution in [0.1, 0.15) is 92.8 Å². The Bertz CT molecular complexity index is 1810.